The van der Waals surface area contributed by atoms with E-state index in [-0.39, 0.29) is 51.2 Å². The number of carbonyl (C=O) groups excluding carboxylic acids is 4. The topological polar surface area (TPSA) is 102 Å². The number of nitrogens with zero attached hydrogens (tertiary/aromatic N) is 1. The smallest absolute Gasteiger partial charge is 0.336 e. The van der Waals surface area contributed by atoms with E-state index in [0.717, 1.165) is 4.90 Å². The van der Waals surface area contributed by atoms with Crippen molar-refractivity contribution < 1.29 is 28.7 Å². The van der Waals surface area contributed by atoms with Gasteiger partial charge in [-0.2, -0.15) is 0 Å². The Morgan fingerprint density at radius 1 is 0.972 bits per heavy atom. The standard InChI is InChI=1S/C26H22Cl2N2O6/c1-4-36-26(34)21-18(12-30-23(31)14-8-5-6-9-15(14)24(30)32)29-13(2)19(25(33)35-3)20(21)16-10-7-11-17(27)22(16)28/h5-11,20,29H,4,12H2,1-3H3. The summed E-state index contributed by atoms with van der Waals surface area (Å²) in [5, 5.41) is 3.40. The van der Waals surface area contributed by atoms with Gasteiger partial charge in [0.1, 0.15) is 0 Å². The number of imide groups is 1. The molecule has 0 aliphatic carbocycles. The summed E-state index contributed by atoms with van der Waals surface area (Å²) in [6.07, 6.45) is 0. The molecule has 0 radical (unpaired) electrons. The van der Waals surface area contributed by atoms with Crippen molar-refractivity contribution in [1.82, 2.24) is 10.2 Å². The molecule has 0 spiro atoms. The first kappa shape index (κ1) is 25.5. The number of ether oxygens (including phenoxy) is 2. The zero-order valence-corrected chi connectivity index (χ0v) is 21.2. The zero-order chi connectivity index (χ0) is 26.1. The van der Waals surface area contributed by atoms with Crippen LogP contribution in [-0.4, -0.2) is 48.9 Å². The number of hydrogen-bond acceptors (Lipinski definition) is 7. The van der Waals surface area contributed by atoms with Crippen LogP contribution in [0.4, 0.5) is 0 Å². The molecule has 186 valence electrons. The Kier molecular flexibility index (Phi) is 7.19. The molecule has 2 aliphatic heterocycles. The molecule has 1 N–H and O–H groups in total. The van der Waals surface area contributed by atoms with Crippen LogP contribution in [0.25, 0.3) is 0 Å². The molecule has 0 saturated heterocycles. The van der Waals surface area contributed by atoms with Gasteiger partial charge in [0.15, 0.2) is 0 Å². The van der Waals surface area contributed by atoms with Crippen LogP contribution < -0.4 is 5.32 Å². The maximum absolute atomic E-state index is 13.3. The van der Waals surface area contributed by atoms with E-state index in [4.69, 9.17) is 32.7 Å². The third-order valence-electron chi connectivity index (χ3n) is 6.03. The van der Waals surface area contributed by atoms with Crippen LogP contribution in [-0.2, 0) is 19.1 Å². The van der Waals surface area contributed by atoms with E-state index in [0.29, 0.717) is 11.3 Å². The number of fused-ring (bicyclic) bond motifs is 1. The van der Waals surface area contributed by atoms with Crippen LogP contribution in [0.15, 0.2) is 65.0 Å². The van der Waals surface area contributed by atoms with Gasteiger partial charge in [-0.1, -0.05) is 47.5 Å². The van der Waals surface area contributed by atoms with Crippen molar-refractivity contribution >= 4 is 47.0 Å². The highest BCUT2D eigenvalue weighted by Gasteiger charge is 2.42. The van der Waals surface area contributed by atoms with Gasteiger partial charge < -0.3 is 14.8 Å². The molecule has 2 aromatic rings. The lowest BCUT2D eigenvalue weighted by molar-refractivity contribution is -0.139. The second kappa shape index (κ2) is 10.2. The lowest BCUT2D eigenvalue weighted by atomic mass is 9.80. The first-order valence-corrected chi connectivity index (χ1v) is 11.8. The average Bonchev–Trinajstić information content (AvgIpc) is 3.10. The Balaban J connectivity index is 1.91. The minimum Gasteiger partial charge on any atom is -0.466 e. The average molecular weight is 529 g/mol. The van der Waals surface area contributed by atoms with Crippen LogP contribution in [0.3, 0.4) is 0 Å². The molecule has 10 heteroatoms. The summed E-state index contributed by atoms with van der Waals surface area (Å²) in [6, 6.07) is 11.3. The summed E-state index contributed by atoms with van der Waals surface area (Å²) in [6.45, 7) is 3.06. The van der Waals surface area contributed by atoms with Crippen molar-refractivity contribution in [2.75, 3.05) is 20.3 Å². The van der Waals surface area contributed by atoms with Gasteiger partial charge in [-0.15, -0.1) is 0 Å². The first-order chi connectivity index (χ1) is 17.2. The molecule has 1 atom stereocenters. The van der Waals surface area contributed by atoms with Crippen LogP contribution in [0.2, 0.25) is 10.0 Å². The molecule has 1 unspecified atom stereocenters. The van der Waals surface area contributed by atoms with Crippen LogP contribution >= 0.6 is 23.2 Å². The zero-order valence-electron chi connectivity index (χ0n) is 19.7. The number of halogens is 2. The normalized spacial score (nSPS) is 17.2. The highest BCUT2D eigenvalue weighted by Crippen LogP contribution is 2.44. The first-order valence-electron chi connectivity index (χ1n) is 11.1. The van der Waals surface area contributed by atoms with Crippen molar-refractivity contribution in [3.8, 4) is 0 Å². The molecular weight excluding hydrogens is 507 g/mol. The number of allylic oxidation sites excluding steroid dienone is 1. The lowest BCUT2D eigenvalue weighted by Gasteiger charge is -2.33. The van der Waals surface area contributed by atoms with Crippen LogP contribution in [0, 0.1) is 0 Å². The van der Waals surface area contributed by atoms with E-state index in [9.17, 15) is 19.2 Å². The van der Waals surface area contributed by atoms with Gasteiger partial charge in [-0.25, -0.2) is 9.59 Å². The van der Waals surface area contributed by atoms with Gasteiger partial charge >= 0.3 is 11.9 Å². The lowest BCUT2D eigenvalue weighted by Crippen LogP contribution is -2.40. The summed E-state index contributed by atoms with van der Waals surface area (Å²) >= 11 is 12.8. The van der Waals surface area contributed by atoms with Crippen molar-refractivity contribution in [2.24, 2.45) is 0 Å². The van der Waals surface area contributed by atoms with Crippen molar-refractivity contribution in [3.05, 3.63) is 91.7 Å². The fraction of sp³-hybridized carbons (Fsp3) is 0.231. The largest absolute Gasteiger partial charge is 0.466 e. The van der Waals surface area contributed by atoms with Crippen LogP contribution in [0.1, 0.15) is 46.0 Å². The van der Waals surface area contributed by atoms with E-state index in [1.54, 1.807) is 56.3 Å². The maximum atomic E-state index is 13.3. The van der Waals surface area contributed by atoms with Gasteiger partial charge in [0.2, 0.25) is 0 Å². The fourth-order valence-corrected chi connectivity index (χ4v) is 4.86. The predicted octanol–water partition coefficient (Wildman–Crippen LogP) is 4.24. The summed E-state index contributed by atoms with van der Waals surface area (Å²) in [4.78, 5) is 53.4. The molecule has 8 nitrogen and oxygen atoms in total. The number of nitrogens with one attached hydrogen (secondary N) is 1. The number of benzene rings is 2. The Morgan fingerprint density at radius 3 is 2.19 bits per heavy atom. The highest BCUT2D eigenvalue weighted by molar-refractivity contribution is 6.42. The van der Waals surface area contributed by atoms with E-state index >= 15 is 0 Å². The third-order valence-corrected chi connectivity index (χ3v) is 6.87. The third kappa shape index (κ3) is 4.27. The maximum Gasteiger partial charge on any atom is 0.336 e. The molecule has 0 aromatic heterocycles. The molecule has 2 heterocycles. The highest BCUT2D eigenvalue weighted by atomic mass is 35.5. The van der Waals surface area contributed by atoms with Gasteiger partial charge in [-0.05, 0) is 37.6 Å². The van der Waals surface area contributed by atoms with E-state index in [1.165, 1.54) is 7.11 Å². The second-order valence-corrected chi connectivity index (χ2v) is 8.87. The van der Waals surface area contributed by atoms with Gasteiger partial charge in [-0.3, -0.25) is 14.5 Å². The minimum absolute atomic E-state index is 0.0172. The van der Waals surface area contributed by atoms with E-state index in [2.05, 4.69) is 5.32 Å². The second-order valence-electron chi connectivity index (χ2n) is 8.09. The SMILES string of the molecule is CCOC(=O)C1=C(CN2C(=O)c3ccccc3C2=O)NC(C)=C(C(=O)OC)C1c1cccc(Cl)c1Cl. The molecule has 2 aliphatic rings. The number of esters is 2. The predicted molar refractivity (Wildman–Crippen MR) is 133 cm³/mol. The fourth-order valence-electron chi connectivity index (χ4n) is 4.45. The number of dihydropyridines is 1. The molecule has 36 heavy (non-hydrogen) atoms. The van der Waals surface area contributed by atoms with Gasteiger partial charge in [0.05, 0.1) is 58.5 Å². The number of rotatable bonds is 6. The molecule has 0 saturated carbocycles. The van der Waals surface area contributed by atoms with Crippen LogP contribution in [0.5, 0.6) is 0 Å². The van der Waals surface area contributed by atoms with Gasteiger partial charge in [0, 0.05) is 11.4 Å². The molecule has 2 aromatic carbocycles. The van der Waals surface area contributed by atoms with Crippen molar-refractivity contribution in [1.29, 1.82) is 0 Å². The summed E-state index contributed by atoms with van der Waals surface area (Å²) in [7, 11) is 1.22. The summed E-state index contributed by atoms with van der Waals surface area (Å²) < 4.78 is 10.3. The van der Waals surface area contributed by atoms with Crippen molar-refractivity contribution in [2.45, 2.75) is 19.8 Å². The number of amides is 2. The Labute approximate surface area is 217 Å². The molecule has 0 fully saturated rings. The number of hydrogen-bond donors (Lipinski definition) is 1. The number of methoxy groups -OCH3 is 1. The quantitative estimate of drug-likeness (QED) is 0.441. The number of carbonyl (C=O) groups is 4. The monoisotopic (exact) mass is 528 g/mol. The molecule has 4 rings (SSSR count). The minimum atomic E-state index is -1.03. The Hall–Kier alpha value is -3.62. The van der Waals surface area contributed by atoms with Gasteiger partial charge in [0.25, 0.3) is 11.8 Å². The Morgan fingerprint density at radius 2 is 1.61 bits per heavy atom. The Bertz CT molecular complexity index is 1330. The summed E-state index contributed by atoms with van der Waals surface area (Å²) in [5.74, 6) is -3.46. The van der Waals surface area contributed by atoms with E-state index < -0.39 is 29.7 Å². The van der Waals surface area contributed by atoms with E-state index in [1.807, 2.05) is 0 Å². The molecule has 0 bridgehead atoms. The van der Waals surface area contributed by atoms with Crippen molar-refractivity contribution in [3.63, 3.8) is 0 Å². The molecule has 2 amide bonds. The molecular formula is C26H22Cl2N2O6. The summed E-state index contributed by atoms with van der Waals surface area (Å²) in [5.41, 5.74) is 1.63.